The molecule has 0 atom stereocenters. The lowest BCUT2D eigenvalue weighted by atomic mass is 10.0. The van der Waals surface area contributed by atoms with Gasteiger partial charge in [0.1, 0.15) is 5.75 Å². The summed E-state index contributed by atoms with van der Waals surface area (Å²) in [6, 6.07) is 13.6. The SMILES string of the molecule is Cn1c2ccc(OCF)cc2c2c(CC#N)cccc21. The molecule has 0 bridgehead atoms. The van der Waals surface area contributed by atoms with Crippen LogP contribution in [0, 0.1) is 11.3 Å². The van der Waals surface area contributed by atoms with Crippen molar-refractivity contribution in [3.8, 4) is 11.8 Å². The van der Waals surface area contributed by atoms with Crippen molar-refractivity contribution in [3.63, 3.8) is 0 Å². The summed E-state index contributed by atoms with van der Waals surface area (Å²) in [6.07, 6.45) is 0.352. The molecule has 1 heterocycles. The molecule has 0 amide bonds. The molecule has 3 rings (SSSR count). The largest absolute Gasteiger partial charge is 0.463 e. The van der Waals surface area contributed by atoms with Gasteiger partial charge in [0.15, 0.2) is 0 Å². The van der Waals surface area contributed by atoms with E-state index in [2.05, 4.69) is 10.6 Å². The molecule has 20 heavy (non-hydrogen) atoms. The summed E-state index contributed by atoms with van der Waals surface area (Å²) < 4.78 is 19.3. The minimum Gasteiger partial charge on any atom is -0.463 e. The van der Waals surface area contributed by atoms with Gasteiger partial charge in [-0.25, -0.2) is 4.39 Å². The van der Waals surface area contributed by atoms with Gasteiger partial charge < -0.3 is 9.30 Å². The normalized spacial score (nSPS) is 10.8. The van der Waals surface area contributed by atoms with Crippen LogP contribution in [0.5, 0.6) is 5.75 Å². The maximum atomic E-state index is 12.3. The Morgan fingerprint density at radius 1 is 1.25 bits per heavy atom. The fourth-order valence-electron chi connectivity index (χ4n) is 2.70. The average molecular weight is 268 g/mol. The fraction of sp³-hybridized carbons (Fsp3) is 0.188. The zero-order valence-corrected chi connectivity index (χ0v) is 11.1. The molecule has 0 aliphatic carbocycles. The average Bonchev–Trinajstić information content (AvgIpc) is 2.74. The van der Waals surface area contributed by atoms with Crippen LogP contribution in [-0.4, -0.2) is 11.4 Å². The lowest BCUT2D eigenvalue weighted by Gasteiger charge is -2.02. The molecule has 0 unspecified atom stereocenters. The van der Waals surface area contributed by atoms with Crippen LogP contribution < -0.4 is 4.74 Å². The second kappa shape index (κ2) is 4.86. The summed E-state index contributed by atoms with van der Waals surface area (Å²) in [5, 5.41) is 11.0. The summed E-state index contributed by atoms with van der Waals surface area (Å²) >= 11 is 0. The number of halogens is 1. The molecule has 0 aliphatic heterocycles. The molecule has 3 aromatic rings. The van der Waals surface area contributed by atoms with Crippen molar-refractivity contribution >= 4 is 21.8 Å². The molecule has 2 aromatic carbocycles. The smallest absolute Gasteiger partial charge is 0.228 e. The van der Waals surface area contributed by atoms with Gasteiger partial charge in [0, 0.05) is 28.9 Å². The first-order valence-electron chi connectivity index (χ1n) is 6.32. The minimum absolute atomic E-state index is 0.352. The van der Waals surface area contributed by atoms with Gasteiger partial charge in [0.25, 0.3) is 0 Å². The zero-order chi connectivity index (χ0) is 14.1. The van der Waals surface area contributed by atoms with E-state index in [0.717, 1.165) is 27.4 Å². The molecular weight excluding hydrogens is 255 g/mol. The first-order chi connectivity index (χ1) is 9.76. The lowest BCUT2D eigenvalue weighted by Crippen LogP contribution is -1.90. The quantitative estimate of drug-likeness (QED) is 0.726. The standard InChI is InChI=1S/C16H13FN2O/c1-19-14-6-5-12(20-10-17)9-13(14)16-11(7-8-18)3-2-4-15(16)19/h2-6,9H,7,10H2,1H3. The Morgan fingerprint density at radius 3 is 2.85 bits per heavy atom. The second-order valence-electron chi connectivity index (χ2n) is 4.64. The monoisotopic (exact) mass is 268 g/mol. The molecule has 3 nitrogen and oxygen atoms in total. The van der Waals surface area contributed by atoms with Gasteiger partial charge in [-0.05, 0) is 29.8 Å². The van der Waals surface area contributed by atoms with Crippen LogP contribution in [0.2, 0.25) is 0 Å². The third kappa shape index (κ3) is 1.79. The highest BCUT2D eigenvalue weighted by Crippen LogP contribution is 2.33. The van der Waals surface area contributed by atoms with E-state index < -0.39 is 6.86 Å². The van der Waals surface area contributed by atoms with E-state index in [1.54, 1.807) is 6.07 Å². The molecule has 0 fully saturated rings. The molecule has 0 radical (unpaired) electrons. The summed E-state index contributed by atoms with van der Waals surface area (Å²) in [5.41, 5.74) is 3.08. The Balaban J connectivity index is 2.39. The predicted octanol–water partition coefficient (Wildman–Crippen LogP) is 3.70. The summed E-state index contributed by atoms with van der Waals surface area (Å²) in [5.74, 6) is 0.499. The van der Waals surface area contributed by atoms with Gasteiger partial charge >= 0.3 is 0 Å². The first kappa shape index (κ1) is 12.5. The van der Waals surface area contributed by atoms with Crippen LogP contribution in [-0.2, 0) is 13.5 Å². The number of aromatic nitrogens is 1. The van der Waals surface area contributed by atoms with E-state index in [4.69, 9.17) is 10.00 Å². The second-order valence-corrected chi connectivity index (χ2v) is 4.64. The van der Waals surface area contributed by atoms with Crippen molar-refractivity contribution in [1.82, 2.24) is 4.57 Å². The Labute approximate surface area is 115 Å². The van der Waals surface area contributed by atoms with E-state index in [9.17, 15) is 4.39 Å². The summed E-state index contributed by atoms with van der Waals surface area (Å²) in [7, 11) is 1.98. The lowest BCUT2D eigenvalue weighted by molar-refractivity contribution is 0.192. The van der Waals surface area contributed by atoms with E-state index in [0.29, 0.717) is 12.2 Å². The molecule has 0 spiro atoms. The molecule has 0 N–H and O–H groups in total. The Hall–Kier alpha value is -2.54. The number of benzene rings is 2. The number of rotatable bonds is 3. The van der Waals surface area contributed by atoms with Crippen molar-refractivity contribution in [2.24, 2.45) is 7.05 Å². The predicted molar refractivity (Wildman–Crippen MR) is 76.3 cm³/mol. The number of alkyl halides is 1. The third-order valence-corrected chi connectivity index (χ3v) is 3.58. The molecule has 100 valence electrons. The zero-order valence-electron chi connectivity index (χ0n) is 11.1. The number of nitrogens with zero attached hydrogens (tertiary/aromatic N) is 2. The Bertz CT molecular complexity index is 830. The molecule has 0 saturated heterocycles. The van der Waals surface area contributed by atoms with Crippen molar-refractivity contribution in [2.45, 2.75) is 6.42 Å². The number of nitriles is 1. The fourth-order valence-corrected chi connectivity index (χ4v) is 2.70. The van der Waals surface area contributed by atoms with Gasteiger partial charge in [-0.15, -0.1) is 0 Å². The van der Waals surface area contributed by atoms with Crippen molar-refractivity contribution in [1.29, 1.82) is 5.26 Å². The number of hydrogen-bond acceptors (Lipinski definition) is 2. The molecule has 0 saturated carbocycles. The van der Waals surface area contributed by atoms with Gasteiger partial charge in [0.05, 0.1) is 12.5 Å². The van der Waals surface area contributed by atoms with Crippen molar-refractivity contribution in [3.05, 3.63) is 42.0 Å². The molecule has 1 aromatic heterocycles. The number of aryl methyl sites for hydroxylation is 1. The highest BCUT2D eigenvalue weighted by Gasteiger charge is 2.12. The first-order valence-corrected chi connectivity index (χ1v) is 6.32. The number of ether oxygens (including phenoxy) is 1. The Kier molecular flexibility index (Phi) is 3.03. The maximum Gasteiger partial charge on any atom is 0.228 e. The van der Waals surface area contributed by atoms with E-state index in [-0.39, 0.29) is 0 Å². The van der Waals surface area contributed by atoms with Gasteiger partial charge in [-0.3, -0.25) is 0 Å². The van der Waals surface area contributed by atoms with Crippen LogP contribution in [0.3, 0.4) is 0 Å². The van der Waals surface area contributed by atoms with Crippen LogP contribution in [0.4, 0.5) is 4.39 Å². The van der Waals surface area contributed by atoms with E-state index >= 15 is 0 Å². The number of fused-ring (bicyclic) bond motifs is 3. The van der Waals surface area contributed by atoms with Gasteiger partial charge in [0.2, 0.25) is 6.86 Å². The van der Waals surface area contributed by atoms with Crippen LogP contribution >= 0.6 is 0 Å². The third-order valence-electron chi connectivity index (χ3n) is 3.58. The maximum absolute atomic E-state index is 12.3. The topological polar surface area (TPSA) is 38.0 Å². The number of hydrogen-bond donors (Lipinski definition) is 0. The van der Waals surface area contributed by atoms with Gasteiger partial charge in [-0.1, -0.05) is 12.1 Å². The van der Waals surface area contributed by atoms with Crippen LogP contribution in [0.25, 0.3) is 21.8 Å². The summed E-state index contributed by atoms with van der Waals surface area (Å²) in [6.45, 7) is -0.846. The van der Waals surface area contributed by atoms with Crippen LogP contribution in [0.15, 0.2) is 36.4 Å². The molecule has 4 heteroatoms. The molecule has 0 aliphatic rings. The van der Waals surface area contributed by atoms with Crippen LogP contribution in [0.1, 0.15) is 5.56 Å². The minimum atomic E-state index is -0.846. The highest BCUT2D eigenvalue weighted by molar-refractivity contribution is 6.10. The van der Waals surface area contributed by atoms with E-state index in [1.807, 2.05) is 37.4 Å². The van der Waals surface area contributed by atoms with E-state index in [1.165, 1.54) is 0 Å². The van der Waals surface area contributed by atoms with Gasteiger partial charge in [-0.2, -0.15) is 5.26 Å². The highest BCUT2D eigenvalue weighted by atomic mass is 19.1. The molecular formula is C16H13FN2O. The van der Waals surface area contributed by atoms with Crippen molar-refractivity contribution < 1.29 is 9.13 Å². The Morgan fingerprint density at radius 2 is 2.10 bits per heavy atom. The van der Waals surface area contributed by atoms with Crippen molar-refractivity contribution in [2.75, 3.05) is 6.86 Å². The summed E-state index contributed by atoms with van der Waals surface area (Å²) in [4.78, 5) is 0.